The number of nitrogens with zero attached hydrogens (tertiary/aromatic N) is 2. The topological polar surface area (TPSA) is 37.8 Å². The Bertz CT molecular complexity index is 892. The fourth-order valence-corrected chi connectivity index (χ4v) is 4.12. The quantitative estimate of drug-likeness (QED) is 0.500. The second-order valence-electron chi connectivity index (χ2n) is 5.37. The number of alkyl halides is 3. The molecule has 0 fully saturated rings. The van der Waals surface area contributed by atoms with Gasteiger partial charge in [-0.3, -0.25) is 0 Å². The number of hydrogen-bond donors (Lipinski definition) is 1. The summed E-state index contributed by atoms with van der Waals surface area (Å²) in [5.74, 6) is 1.27. The molecular formula is C16H13F3IN3S. The molecule has 3 nitrogen and oxygen atoms in total. The normalized spacial score (nSPS) is 13.2. The van der Waals surface area contributed by atoms with Crippen LogP contribution in [0.1, 0.15) is 29.9 Å². The molecule has 0 aliphatic rings. The first-order valence-electron chi connectivity index (χ1n) is 7.11. The van der Waals surface area contributed by atoms with Crippen molar-refractivity contribution in [1.82, 2.24) is 9.97 Å². The largest absolute Gasteiger partial charge is 0.416 e. The van der Waals surface area contributed by atoms with Crippen LogP contribution in [0, 0.1) is 9.81 Å². The Morgan fingerprint density at radius 2 is 1.96 bits per heavy atom. The summed E-state index contributed by atoms with van der Waals surface area (Å²) in [5.41, 5.74) is 0.750. The van der Waals surface area contributed by atoms with Crippen molar-refractivity contribution >= 4 is 50.0 Å². The zero-order valence-corrected chi connectivity index (χ0v) is 15.8. The Hall–Kier alpha value is -1.42. The lowest BCUT2D eigenvalue weighted by molar-refractivity contribution is -0.137. The van der Waals surface area contributed by atoms with Crippen LogP contribution in [0.4, 0.5) is 19.0 Å². The van der Waals surface area contributed by atoms with Gasteiger partial charge in [0.05, 0.1) is 24.7 Å². The average molecular weight is 463 g/mol. The van der Waals surface area contributed by atoms with Crippen LogP contribution >= 0.6 is 33.9 Å². The highest BCUT2D eigenvalue weighted by Crippen LogP contribution is 2.34. The van der Waals surface area contributed by atoms with Crippen LogP contribution in [-0.2, 0) is 6.18 Å². The molecule has 2 heterocycles. The third-order valence-corrected chi connectivity index (χ3v) is 5.41. The predicted octanol–water partition coefficient (Wildman–Crippen LogP) is 5.80. The first kappa shape index (κ1) is 17.4. The first-order valence-corrected chi connectivity index (χ1v) is 9.01. The Morgan fingerprint density at radius 3 is 2.67 bits per heavy atom. The molecule has 3 rings (SSSR count). The fraction of sp³-hybridized carbons (Fsp3) is 0.250. The molecule has 126 valence electrons. The van der Waals surface area contributed by atoms with Crippen molar-refractivity contribution in [1.29, 1.82) is 0 Å². The van der Waals surface area contributed by atoms with Crippen LogP contribution in [-0.4, -0.2) is 9.97 Å². The van der Waals surface area contributed by atoms with Crippen LogP contribution in [0.3, 0.4) is 0 Å². The number of hydrogen-bond acceptors (Lipinski definition) is 4. The summed E-state index contributed by atoms with van der Waals surface area (Å²) < 4.78 is 40.6. The molecule has 24 heavy (non-hydrogen) atoms. The van der Waals surface area contributed by atoms with Crippen LogP contribution < -0.4 is 5.32 Å². The van der Waals surface area contributed by atoms with Gasteiger partial charge in [-0.25, -0.2) is 9.97 Å². The Balaban J connectivity index is 1.94. The van der Waals surface area contributed by atoms with Gasteiger partial charge in [-0.1, -0.05) is 12.1 Å². The maximum absolute atomic E-state index is 12.9. The highest BCUT2D eigenvalue weighted by molar-refractivity contribution is 14.1. The van der Waals surface area contributed by atoms with Gasteiger partial charge in [-0.05, 0) is 60.2 Å². The third kappa shape index (κ3) is 3.64. The summed E-state index contributed by atoms with van der Waals surface area (Å²) >= 11 is 3.77. The van der Waals surface area contributed by atoms with Gasteiger partial charge in [-0.15, -0.1) is 11.3 Å². The monoisotopic (exact) mass is 463 g/mol. The number of thiophene rings is 1. The third-order valence-electron chi connectivity index (χ3n) is 3.52. The molecule has 0 saturated carbocycles. The van der Waals surface area contributed by atoms with Gasteiger partial charge in [0.1, 0.15) is 11.6 Å². The van der Waals surface area contributed by atoms with E-state index in [1.54, 1.807) is 24.3 Å². The van der Waals surface area contributed by atoms with Gasteiger partial charge in [0, 0.05) is 0 Å². The number of anilines is 1. The average Bonchev–Trinajstić information content (AvgIpc) is 2.86. The van der Waals surface area contributed by atoms with Crippen LogP contribution in [0.2, 0.25) is 0 Å². The van der Waals surface area contributed by atoms with Crippen molar-refractivity contribution < 1.29 is 13.2 Å². The molecule has 0 unspecified atom stereocenters. The number of rotatable bonds is 3. The van der Waals surface area contributed by atoms with E-state index in [2.05, 4.69) is 37.9 Å². The van der Waals surface area contributed by atoms with Gasteiger partial charge in [0.15, 0.2) is 0 Å². The minimum atomic E-state index is -4.35. The van der Waals surface area contributed by atoms with E-state index in [4.69, 9.17) is 0 Å². The highest BCUT2D eigenvalue weighted by Gasteiger charge is 2.30. The smallest absolute Gasteiger partial charge is 0.362 e. The summed E-state index contributed by atoms with van der Waals surface area (Å²) in [6.07, 6.45) is -4.35. The number of aromatic nitrogens is 2. The fourth-order valence-electron chi connectivity index (χ4n) is 2.39. The maximum atomic E-state index is 12.9. The number of fused-ring (bicyclic) bond motifs is 1. The molecule has 1 aromatic carbocycles. The summed E-state index contributed by atoms with van der Waals surface area (Å²) in [5, 5.41) is 3.22. The molecule has 0 bridgehead atoms. The standard InChI is InChI=1S/C16H13F3IN3S/c1-8(10-4-3-5-11(6-10)16(17,18)19)21-15-14-12(7-13(20)24-14)22-9(2)23-15/h3-8H,1-2H3,(H,21,22,23)/t8-/m1/s1. The molecule has 0 saturated heterocycles. The molecular weight excluding hydrogens is 450 g/mol. The molecule has 0 amide bonds. The van der Waals surface area contributed by atoms with E-state index < -0.39 is 11.7 Å². The molecule has 2 aromatic heterocycles. The van der Waals surface area contributed by atoms with Crippen molar-refractivity contribution in [2.24, 2.45) is 0 Å². The lowest BCUT2D eigenvalue weighted by Gasteiger charge is -2.17. The molecule has 8 heteroatoms. The van der Waals surface area contributed by atoms with Gasteiger partial charge >= 0.3 is 6.18 Å². The lowest BCUT2D eigenvalue weighted by Crippen LogP contribution is -2.11. The van der Waals surface area contributed by atoms with Crippen LogP contribution in [0.25, 0.3) is 10.2 Å². The number of halogens is 4. The second kappa shape index (κ2) is 6.47. The molecule has 0 radical (unpaired) electrons. The predicted molar refractivity (Wildman–Crippen MR) is 98.4 cm³/mol. The highest BCUT2D eigenvalue weighted by atomic mass is 127. The molecule has 1 atom stereocenters. The Kier molecular flexibility index (Phi) is 4.69. The zero-order valence-electron chi connectivity index (χ0n) is 12.8. The van der Waals surface area contributed by atoms with Gasteiger partial charge < -0.3 is 5.32 Å². The van der Waals surface area contributed by atoms with E-state index in [1.807, 2.05) is 13.0 Å². The second-order valence-corrected chi connectivity index (χ2v) is 8.32. The number of benzene rings is 1. The molecule has 1 N–H and O–H groups in total. The molecule has 3 aromatic rings. The lowest BCUT2D eigenvalue weighted by atomic mass is 10.0. The summed E-state index contributed by atoms with van der Waals surface area (Å²) in [7, 11) is 0. The minimum Gasteiger partial charge on any atom is -0.362 e. The SMILES string of the molecule is Cc1nc(N[C@H](C)c2cccc(C(F)(F)F)c2)c2sc(I)cc2n1. The molecule has 0 spiro atoms. The Labute approximate surface area is 154 Å². The van der Waals surface area contributed by atoms with Crippen LogP contribution in [0.15, 0.2) is 30.3 Å². The van der Waals surface area contributed by atoms with Crippen molar-refractivity contribution in [3.05, 3.63) is 50.2 Å². The first-order chi connectivity index (χ1) is 11.2. The maximum Gasteiger partial charge on any atom is 0.416 e. The van der Waals surface area contributed by atoms with E-state index >= 15 is 0 Å². The molecule has 0 aliphatic heterocycles. The van der Waals surface area contributed by atoms with Gasteiger partial charge in [0.2, 0.25) is 0 Å². The van der Waals surface area contributed by atoms with Crippen LogP contribution in [0.5, 0.6) is 0 Å². The van der Waals surface area contributed by atoms with E-state index in [9.17, 15) is 13.2 Å². The van der Waals surface area contributed by atoms with Crippen molar-refractivity contribution in [3.8, 4) is 0 Å². The van der Waals surface area contributed by atoms with Gasteiger partial charge in [0.25, 0.3) is 0 Å². The van der Waals surface area contributed by atoms with E-state index in [-0.39, 0.29) is 6.04 Å². The van der Waals surface area contributed by atoms with E-state index in [0.29, 0.717) is 17.2 Å². The summed E-state index contributed by atoms with van der Waals surface area (Å²) in [6.45, 7) is 3.61. The minimum absolute atomic E-state index is 0.315. The number of nitrogens with one attached hydrogen (secondary N) is 1. The van der Waals surface area contributed by atoms with Gasteiger partial charge in [-0.2, -0.15) is 13.2 Å². The summed E-state index contributed by atoms with van der Waals surface area (Å²) in [4.78, 5) is 8.80. The van der Waals surface area contributed by atoms with Crippen molar-refractivity contribution in [2.75, 3.05) is 5.32 Å². The zero-order chi connectivity index (χ0) is 17.5. The number of aryl methyl sites for hydroxylation is 1. The van der Waals surface area contributed by atoms with Crippen molar-refractivity contribution in [2.45, 2.75) is 26.1 Å². The van der Waals surface area contributed by atoms with Crippen molar-refractivity contribution in [3.63, 3.8) is 0 Å². The summed E-state index contributed by atoms with van der Waals surface area (Å²) in [6, 6.07) is 6.99. The van der Waals surface area contributed by atoms with E-state index in [0.717, 1.165) is 19.2 Å². The molecule has 0 aliphatic carbocycles. The van der Waals surface area contributed by atoms with E-state index in [1.165, 1.54) is 12.1 Å². The Morgan fingerprint density at radius 1 is 1.21 bits per heavy atom.